The standard InChI is InChI=1S/C58H63N3O3/c1-55(2,3)37-18-24-40(25-19-37)60(41-26-20-38(21-27-41)56(4,5)6)43-30-33-44-36(34-43)17-32-46(52(44)62)50-53(63)49(54(50)64-12)45-31-16-35-14-13-15-47-48(35)51(45)59-58(10,11)61(47)42-28-22-39(23-29-42)57(7,8)9/h13-34,49,53,59,62-63H,1-12H3. The third-order valence-electron chi connectivity index (χ3n) is 13.5. The summed E-state index contributed by atoms with van der Waals surface area (Å²) in [6.45, 7) is 24.5. The summed E-state index contributed by atoms with van der Waals surface area (Å²) in [5, 5.41) is 32.0. The zero-order valence-corrected chi connectivity index (χ0v) is 39.6. The molecule has 3 N–H and O–H groups in total. The summed E-state index contributed by atoms with van der Waals surface area (Å²) in [4.78, 5) is 4.64. The first-order valence-corrected chi connectivity index (χ1v) is 22.7. The predicted molar refractivity (Wildman–Crippen MR) is 269 cm³/mol. The number of rotatable bonds is 7. The predicted octanol–water partition coefficient (Wildman–Crippen LogP) is 14.9. The smallest absolute Gasteiger partial charge is 0.131 e. The van der Waals surface area contributed by atoms with Crippen LogP contribution in [0.15, 0.2) is 139 Å². The lowest BCUT2D eigenvalue weighted by Gasteiger charge is -2.48. The molecule has 0 spiro atoms. The molecule has 2 atom stereocenters. The van der Waals surface area contributed by atoms with Gasteiger partial charge in [0.05, 0.1) is 24.8 Å². The molecule has 9 rings (SSSR count). The summed E-state index contributed by atoms with van der Waals surface area (Å²) in [5.74, 6) is 0.334. The molecule has 64 heavy (non-hydrogen) atoms. The average molecular weight is 850 g/mol. The number of hydrogen-bond acceptors (Lipinski definition) is 6. The maximum atomic E-state index is 12.2. The highest BCUT2D eigenvalue weighted by Crippen LogP contribution is 2.56. The van der Waals surface area contributed by atoms with Crippen LogP contribution in [0.25, 0.3) is 27.1 Å². The molecule has 2 aliphatic rings. The molecular weight excluding hydrogens is 787 g/mol. The van der Waals surface area contributed by atoms with Crippen LogP contribution in [0.5, 0.6) is 5.75 Å². The second-order valence-corrected chi connectivity index (χ2v) is 21.4. The molecule has 6 heteroatoms. The van der Waals surface area contributed by atoms with Gasteiger partial charge in [0.15, 0.2) is 0 Å². The lowest BCUT2D eigenvalue weighted by atomic mass is 9.71. The summed E-state index contributed by atoms with van der Waals surface area (Å²) in [7, 11) is 1.66. The van der Waals surface area contributed by atoms with Crippen molar-refractivity contribution < 1.29 is 14.9 Å². The molecule has 328 valence electrons. The molecule has 0 fully saturated rings. The fraction of sp³-hybridized carbons (Fsp3) is 0.310. The number of hydrogen-bond donors (Lipinski definition) is 3. The van der Waals surface area contributed by atoms with E-state index in [0.29, 0.717) is 22.3 Å². The molecule has 0 amide bonds. The number of methoxy groups -OCH3 is 1. The topological polar surface area (TPSA) is 68.2 Å². The van der Waals surface area contributed by atoms with Gasteiger partial charge >= 0.3 is 0 Å². The minimum atomic E-state index is -0.908. The summed E-state index contributed by atoms with van der Waals surface area (Å²) in [6.07, 6.45) is -0.908. The molecule has 1 aliphatic carbocycles. The number of nitrogens with zero attached hydrogens (tertiary/aromatic N) is 2. The largest absolute Gasteiger partial charge is 0.507 e. The molecule has 7 aromatic rings. The van der Waals surface area contributed by atoms with Gasteiger partial charge < -0.3 is 30.1 Å². The maximum Gasteiger partial charge on any atom is 0.131 e. The number of anilines is 6. The Labute approximate surface area is 379 Å². The minimum absolute atomic E-state index is 0.0348. The number of phenolic OH excluding ortho intramolecular Hbond substituents is 1. The molecule has 0 bridgehead atoms. The zero-order chi connectivity index (χ0) is 45.7. The Morgan fingerprint density at radius 3 is 1.70 bits per heavy atom. The van der Waals surface area contributed by atoms with Crippen LogP contribution in [0.2, 0.25) is 0 Å². The van der Waals surface area contributed by atoms with Crippen molar-refractivity contribution in [2.24, 2.45) is 0 Å². The van der Waals surface area contributed by atoms with E-state index in [4.69, 9.17) is 4.74 Å². The Hall–Kier alpha value is -6.24. The Morgan fingerprint density at radius 1 is 0.625 bits per heavy atom. The first-order chi connectivity index (χ1) is 30.2. The number of benzene rings is 7. The van der Waals surface area contributed by atoms with Gasteiger partial charge in [0.1, 0.15) is 17.2 Å². The van der Waals surface area contributed by atoms with Crippen molar-refractivity contribution in [2.75, 3.05) is 22.2 Å². The van der Waals surface area contributed by atoms with Crippen LogP contribution in [-0.2, 0) is 21.0 Å². The van der Waals surface area contributed by atoms with Gasteiger partial charge in [0, 0.05) is 50.3 Å². The first kappa shape index (κ1) is 43.0. The second kappa shape index (κ2) is 15.2. The van der Waals surface area contributed by atoms with Crippen LogP contribution in [-0.4, -0.2) is 29.1 Å². The van der Waals surface area contributed by atoms with Crippen LogP contribution >= 0.6 is 0 Å². The fourth-order valence-electron chi connectivity index (χ4n) is 9.88. The third kappa shape index (κ3) is 7.26. The van der Waals surface area contributed by atoms with Crippen LogP contribution in [0.1, 0.15) is 110 Å². The number of aliphatic hydroxyl groups excluding tert-OH is 1. The molecule has 6 nitrogen and oxygen atoms in total. The summed E-state index contributed by atoms with van der Waals surface area (Å²) in [5.41, 5.74) is 11.9. The number of fused-ring (bicyclic) bond motifs is 1. The van der Waals surface area contributed by atoms with Gasteiger partial charge in [-0.1, -0.05) is 135 Å². The number of aromatic hydroxyl groups is 1. The van der Waals surface area contributed by atoms with E-state index in [-0.39, 0.29) is 22.0 Å². The van der Waals surface area contributed by atoms with E-state index in [0.717, 1.165) is 55.8 Å². The van der Waals surface area contributed by atoms with Gasteiger partial charge in [-0.15, -0.1) is 0 Å². The second-order valence-electron chi connectivity index (χ2n) is 21.4. The maximum absolute atomic E-state index is 12.2. The molecule has 0 radical (unpaired) electrons. The molecule has 1 aliphatic heterocycles. The fourth-order valence-corrected chi connectivity index (χ4v) is 9.88. The Balaban J connectivity index is 1.09. The molecular formula is C58H63N3O3. The Kier molecular flexibility index (Phi) is 10.2. The van der Waals surface area contributed by atoms with E-state index in [1.165, 1.54) is 16.7 Å². The summed E-state index contributed by atoms with van der Waals surface area (Å²) in [6, 6.07) is 47.4. The molecule has 2 unspecified atom stereocenters. The van der Waals surface area contributed by atoms with Crippen molar-refractivity contribution in [3.05, 3.63) is 167 Å². The lowest BCUT2D eigenvalue weighted by molar-refractivity contribution is 0.132. The molecule has 0 saturated carbocycles. The lowest BCUT2D eigenvalue weighted by Crippen LogP contribution is -2.50. The average Bonchev–Trinajstić information content (AvgIpc) is 3.24. The van der Waals surface area contributed by atoms with Crippen molar-refractivity contribution in [3.8, 4) is 5.75 Å². The Morgan fingerprint density at radius 2 is 1.16 bits per heavy atom. The summed E-state index contributed by atoms with van der Waals surface area (Å²) < 4.78 is 6.17. The first-order valence-electron chi connectivity index (χ1n) is 22.7. The highest BCUT2D eigenvalue weighted by Gasteiger charge is 2.46. The highest BCUT2D eigenvalue weighted by atomic mass is 16.5. The van der Waals surface area contributed by atoms with Gasteiger partial charge in [0.2, 0.25) is 0 Å². The highest BCUT2D eigenvalue weighted by molar-refractivity contribution is 6.09. The van der Waals surface area contributed by atoms with Gasteiger partial charge in [-0.05, 0) is 124 Å². The number of aliphatic hydroxyl groups is 1. The van der Waals surface area contributed by atoms with Gasteiger partial charge in [-0.3, -0.25) is 0 Å². The molecule has 0 aromatic heterocycles. The van der Waals surface area contributed by atoms with Crippen molar-refractivity contribution in [3.63, 3.8) is 0 Å². The van der Waals surface area contributed by atoms with Crippen molar-refractivity contribution >= 4 is 61.2 Å². The minimum Gasteiger partial charge on any atom is -0.507 e. The van der Waals surface area contributed by atoms with E-state index in [1.807, 2.05) is 18.2 Å². The van der Waals surface area contributed by atoms with E-state index in [2.05, 4.69) is 207 Å². The normalized spacial score (nSPS) is 17.4. The Bertz CT molecular complexity index is 2890. The number of phenols is 1. The van der Waals surface area contributed by atoms with Crippen LogP contribution in [0.4, 0.5) is 34.1 Å². The van der Waals surface area contributed by atoms with E-state index >= 15 is 0 Å². The van der Waals surface area contributed by atoms with E-state index < -0.39 is 17.7 Å². The van der Waals surface area contributed by atoms with Crippen LogP contribution < -0.4 is 15.1 Å². The number of nitrogens with one attached hydrogen (secondary N) is 1. The molecule has 1 heterocycles. The zero-order valence-electron chi connectivity index (χ0n) is 39.6. The monoisotopic (exact) mass is 849 g/mol. The third-order valence-corrected chi connectivity index (χ3v) is 13.5. The van der Waals surface area contributed by atoms with Gasteiger partial charge in [0.25, 0.3) is 0 Å². The number of ether oxygens (including phenoxy) is 1. The van der Waals surface area contributed by atoms with Crippen molar-refractivity contribution in [2.45, 2.75) is 110 Å². The molecule has 0 saturated heterocycles. The van der Waals surface area contributed by atoms with Crippen molar-refractivity contribution in [1.29, 1.82) is 0 Å². The SMILES string of the molecule is COC1=C(c2ccc3cc(N(c4ccc(C(C)(C)C)cc4)c4ccc(C(C)(C)C)cc4)ccc3c2O)C(O)C1c1ccc2cccc3c2c1NC(C)(C)N3c1ccc(C(C)(C)C)cc1. The van der Waals surface area contributed by atoms with Gasteiger partial charge in [-0.25, -0.2) is 0 Å². The molecule has 7 aromatic carbocycles. The quantitative estimate of drug-likeness (QED) is 0.148. The van der Waals surface area contributed by atoms with Crippen LogP contribution in [0, 0.1) is 0 Å². The summed E-state index contributed by atoms with van der Waals surface area (Å²) >= 11 is 0. The van der Waals surface area contributed by atoms with E-state index in [1.54, 1.807) is 7.11 Å². The van der Waals surface area contributed by atoms with E-state index in [9.17, 15) is 10.2 Å². The van der Waals surface area contributed by atoms with Crippen molar-refractivity contribution in [1.82, 2.24) is 0 Å². The van der Waals surface area contributed by atoms with Gasteiger partial charge in [-0.2, -0.15) is 0 Å². The van der Waals surface area contributed by atoms with Crippen LogP contribution in [0.3, 0.4) is 0 Å².